The lowest BCUT2D eigenvalue weighted by Crippen LogP contribution is -2.40. The highest BCUT2D eigenvalue weighted by Gasteiger charge is 2.55. The van der Waals surface area contributed by atoms with Gasteiger partial charge in [0.05, 0.1) is 24.8 Å². The molecule has 1 aliphatic carbocycles. The van der Waals surface area contributed by atoms with Crippen molar-refractivity contribution >= 4 is 5.91 Å². The number of rotatable bonds is 8. The highest BCUT2D eigenvalue weighted by molar-refractivity contribution is 5.91. The minimum absolute atomic E-state index is 0.0131. The number of nitrogens with zero attached hydrogens (tertiary/aromatic N) is 2. The fraction of sp³-hybridized carbons (Fsp3) is 0.304. The van der Waals surface area contributed by atoms with Gasteiger partial charge in [0.1, 0.15) is 5.75 Å². The molecule has 0 aliphatic heterocycles. The van der Waals surface area contributed by atoms with Crippen molar-refractivity contribution in [3.8, 4) is 17.1 Å². The molecule has 6 nitrogen and oxygen atoms in total. The van der Waals surface area contributed by atoms with E-state index < -0.39 is 5.41 Å². The number of hydrogen-bond donors (Lipinski definition) is 1. The van der Waals surface area contributed by atoms with E-state index in [1.54, 1.807) is 12.0 Å². The van der Waals surface area contributed by atoms with E-state index in [-0.39, 0.29) is 19.1 Å². The van der Waals surface area contributed by atoms with Gasteiger partial charge in [0.2, 0.25) is 5.91 Å². The van der Waals surface area contributed by atoms with E-state index in [2.05, 4.69) is 5.16 Å². The second-order valence-corrected chi connectivity index (χ2v) is 7.33. The summed E-state index contributed by atoms with van der Waals surface area (Å²) in [6.07, 6.45) is 1.46. The number of methoxy groups -OCH3 is 1. The summed E-state index contributed by atoms with van der Waals surface area (Å²) in [5.74, 6) is 1.32. The Hall–Kier alpha value is -3.12. The van der Waals surface area contributed by atoms with E-state index in [9.17, 15) is 9.90 Å². The van der Waals surface area contributed by atoms with Gasteiger partial charge in [0.25, 0.3) is 0 Å². The summed E-state index contributed by atoms with van der Waals surface area (Å²) in [7, 11) is 1.62. The number of aromatic nitrogens is 1. The maximum Gasteiger partial charge on any atom is 0.235 e. The number of ether oxygens (including phenoxy) is 1. The molecule has 0 saturated heterocycles. The van der Waals surface area contributed by atoms with Crippen molar-refractivity contribution in [1.82, 2.24) is 10.1 Å². The molecule has 0 unspecified atom stereocenters. The fourth-order valence-electron chi connectivity index (χ4n) is 3.60. The molecule has 29 heavy (non-hydrogen) atoms. The van der Waals surface area contributed by atoms with E-state index in [1.165, 1.54) is 0 Å². The van der Waals surface area contributed by atoms with E-state index in [0.29, 0.717) is 18.0 Å². The third kappa shape index (κ3) is 3.89. The SMILES string of the molecule is COc1cccc(-c2cc(C3(C(=O)N(CCO)Cc4ccccc4)CC3)no2)c1. The second-order valence-electron chi connectivity index (χ2n) is 7.33. The molecule has 1 amide bonds. The zero-order chi connectivity index (χ0) is 20.3. The van der Waals surface area contributed by atoms with Crippen molar-refractivity contribution in [3.05, 3.63) is 71.9 Å². The van der Waals surface area contributed by atoms with Crippen molar-refractivity contribution in [1.29, 1.82) is 0 Å². The van der Waals surface area contributed by atoms with Crippen LogP contribution in [-0.2, 0) is 16.8 Å². The molecule has 1 saturated carbocycles. The Labute approximate surface area is 169 Å². The second kappa shape index (κ2) is 8.09. The zero-order valence-electron chi connectivity index (χ0n) is 16.4. The third-order valence-corrected chi connectivity index (χ3v) is 5.39. The van der Waals surface area contributed by atoms with Crippen LogP contribution in [0.3, 0.4) is 0 Å². The highest BCUT2D eigenvalue weighted by Crippen LogP contribution is 2.50. The van der Waals surface area contributed by atoms with Crippen LogP contribution in [0.5, 0.6) is 5.75 Å². The van der Waals surface area contributed by atoms with Gasteiger partial charge in [-0.1, -0.05) is 47.6 Å². The molecule has 0 bridgehead atoms. The molecule has 1 N–H and O–H groups in total. The van der Waals surface area contributed by atoms with Crippen LogP contribution in [0, 0.1) is 0 Å². The largest absolute Gasteiger partial charge is 0.497 e. The fourth-order valence-corrected chi connectivity index (χ4v) is 3.60. The van der Waals surface area contributed by atoms with Gasteiger partial charge >= 0.3 is 0 Å². The summed E-state index contributed by atoms with van der Waals surface area (Å²) in [6, 6.07) is 19.2. The van der Waals surface area contributed by atoms with Gasteiger partial charge in [-0.05, 0) is 30.5 Å². The van der Waals surface area contributed by atoms with Gasteiger partial charge in [-0.3, -0.25) is 4.79 Å². The Morgan fingerprint density at radius 3 is 2.66 bits per heavy atom. The summed E-state index contributed by atoms with van der Waals surface area (Å²) in [5.41, 5.74) is 1.87. The maximum absolute atomic E-state index is 13.4. The number of benzene rings is 2. The van der Waals surface area contributed by atoms with Gasteiger partial charge in [-0.2, -0.15) is 0 Å². The van der Waals surface area contributed by atoms with E-state index in [4.69, 9.17) is 9.26 Å². The monoisotopic (exact) mass is 392 g/mol. The number of aliphatic hydroxyl groups excluding tert-OH is 1. The van der Waals surface area contributed by atoms with Crippen LogP contribution in [-0.4, -0.2) is 41.3 Å². The van der Waals surface area contributed by atoms with Crippen LogP contribution in [0.4, 0.5) is 0 Å². The van der Waals surface area contributed by atoms with Crippen LogP contribution in [0.2, 0.25) is 0 Å². The maximum atomic E-state index is 13.4. The number of carbonyl (C=O) groups is 1. The first kappa shape index (κ1) is 19.2. The van der Waals surface area contributed by atoms with Crippen molar-refractivity contribution in [2.45, 2.75) is 24.8 Å². The van der Waals surface area contributed by atoms with Gasteiger partial charge in [0, 0.05) is 24.7 Å². The van der Waals surface area contributed by atoms with Gasteiger partial charge in [-0.25, -0.2) is 0 Å². The molecule has 150 valence electrons. The van der Waals surface area contributed by atoms with E-state index >= 15 is 0 Å². The Bertz CT molecular complexity index is 979. The molecule has 1 heterocycles. The Balaban J connectivity index is 1.57. The Morgan fingerprint density at radius 1 is 1.17 bits per heavy atom. The predicted octanol–water partition coefficient (Wildman–Crippen LogP) is 3.40. The molecular weight excluding hydrogens is 368 g/mol. The summed E-state index contributed by atoms with van der Waals surface area (Å²) < 4.78 is 10.8. The van der Waals surface area contributed by atoms with Crippen molar-refractivity contribution in [2.75, 3.05) is 20.3 Å². The quantitative estimate of drug-likeness (QED) is 0.636. The molecule has 6 heteroatoms. The minimum atomic E-state index is -0.662. The molecular formula is C23H24N2O4. The van der Waals surface area contributed by atoms with Crippen LogP contribution in [0.25, 0.3) is 11.3 Å². The third-order valence-electron chi connectivity index (χ3n) is 5.39. The molecule has 1 aliphatic rings. The lowest BCUT2D eigenvalue weighted by Gasteiger charge is -2.26. The normalized spacial score (nSPS) is 14.4. The molecule has 0 radical (unpaired) electrons. The average molecular weight is 392 g/mol. The molecule has 3 aromatic rings. The van der Waals surface area contributed by atoms with Crippen molar-refractivity contribution in [3.63, 3.8) is 0 Å². The number of amides is 1. The topological polar surface area (TPSA) is 75.8 Å². The first-order valence-corrected chi connectivity index (χ1v) is 9.72. The lowest BCUT2D eigenvalue weighted by atomic mass is 9.99. The molecule has 4 rings (SSSR count). The van der Waals surface area contributed by atoms with Gasteiger partial charge in [-0.15, -0.1) is 0 Å². The first-order chi connectivity index (χ1) is 14.2. The standard InChI is InChI=1S/C23H24N2O4/c1-28-19-9-5-8-18(14-19)20-15-21(24-29-20)23(10-11-23)22(27)25(12-13-26)16-17-6-3-2-4-7-17/h2-9,14-15,26H,10-13,16H2,1H3. The molecule has 2 aromatic carbocycles. The molecule has 1 aromatic heterocycles. The van der Waals surface area contributed by atoms with Gasteiger partial charge in [0.15, 0.2) is 5.76 Å². The van der Waals surface area contributed by atoms with Crippen molar-refractivity contribution in [2.24, 2.45) is 0 Å². The average Bonchev–Trinajstić information content (AvgIpc) is 3.42. The first-order valence-electron chi connectivity index (χ1n) is 9.72. The Morgan fingerprint density at radius 2 is 1.97 bits per heavy atom. The zero-order valence-corrected chi connectivity index (χ0v) is 16.4. The predicted molar refractivity (Wildman–Crippen MR) is 108 cm³/mol. The lowest BCUT2D eigenvalue weighted by molar-refractivity contribution is -0.135. The van der Waals surface area contributed by atoms with Crippen LogP contribution in [0.1, 0.15) is 24.1 Å². The number of hydrogen-bond acceptors (Lipinski definition) is 5. The number of aliphatic hydroxyl groups is 1. The van der Waals surface area contributed by atoms with E-state index in [0.717, 1.165) is 29.7 Å². The number of carbonyl (C=O) groups excluding carboxylic acids is 1. The highest BCUT2D eigenvalue weighted by atomic mass is 16.5. The van der Waals surface area contributed by atoms with Crippen LogP contribution < -0.4 is 4.74 Å². The van der Waals surface area contributed by atoms with Gasteiger partial charge < -0.3 is 19.3 Å². The summed E-state index contributed by atoms with van der Waals surface area (Å²) in [4.78, 5) is 15.1. The van der Waals surface area contributed by atoms with Crippen molar-refractivity contribution < 1.29 is 19.2 Å². The molecule has 0 atom stereocenters. The molecule has 1 fully saturated rings. The van der Waals surface area contributed by atoms with Crippen LogP contribution in [0.15, 0.2) is 65.2 Å². The summed E-state index contributed by atoms with van der Waals surface area (Å²) >= 11 is 0. The minimum Gasteiger partial charge on any atom is -0.497 e. The smallest absolute Gasteiger partial charge is 0.235 e. The van der Waals surface area contributed by atoms with Crippen LogP contribution >= 0.6 is 0 Å². The summed E-state index contributed by atoms with van der Waals surface area (Å²) in [5, 5.41) is 13.7. The van der Waals surface area contributed by atoms with E-state index in [1.807, 2.05) is 60.7 Å². The molecule has 0 spiro atoms. The summed E-state index contributed by atoms with van der Waals surface area (Å²) in [6.45, 7) is 0.668. The Kier molecular flexibility index (Phi) is 5.36.